The van der Waals surface area contributed by atoms with E-state index in [9.17, 15) is 22.4 Å². The summed E-state index contributed by atoms with van der Waals surface area (Å²) in [6.07, 6.45) is -6.39. The highest BCUT2D eigenvalue weighted by molar-refractivity contribution is 5.98. The number of alkyl halides is 3. The number of amides is 1. The summed E-state index contributed by atoms with van der Waals surface area (Å²) in [6.45, 7) is 0. The van der Waals surface area contributed by atoms with E-state index in [2.05, 4.69) is 4.99 Å². The van der Waals surface area contributed by atoms with Crippen molar-refractivity contribution in [1.29, 1.82) is 0 Å². The number of hydrogen-bond acceptors (Lipinski definition) is 3. The number of ether oxygens (including phenoxy) is 1. The Bertz CT molecular complexity index is 539. The van der Waals surface area contributed by atoms with Crippen LogP contribution in [-0.2, 0) is 15.7 Å². The summed E-state index contributed by atoms with van der Waals surface area (Å²) < 4.78 is 55.7. The third-order valence-corrected chi connectivity index (χ3v) is 2.29. The number of nitrogens with zero attached hydrogens (tertiary/aromatic N) is 1. The Morgan fingerprint density at radius 3 is 2.50 bits per heavy atom. The highest BCUT2D eigenvalue weighted by Crippen LogP contribution is 2.37. The van der Waals surface area contributed by atoms with Gasteiger partial charge in [-0.25, -0.2) is 4.39 Å². The van der Waals surface area contributed by atoms with Crippen LogP contribution in [0.1, 0.15) is 17.2 Å². The molecule has 1 aromatic rings. The molecular formula is C10H6F4N2O2. The Morgan fingerprint density at radius 1 is 1.33 bits per heavy atom. The van der Waals surface area contributed by atoms with Crippen molar-refractivity contribution in [2.75, 3.05) is 0 Å². The molecule has 0 radical (unpaired) electrons. The monoisotopic (exact) mass is 262 g/mol. The molecule has 1 aromatic carbocycles. The van der Waals surface area contributed by atoms with Gasteiger partial charge in [0.25, 0.3) is 11.9 Å². The van der Waals surface area contributed by atoms with Gasteiger partial charge in [-0.2, -0.15) is 18.2 Å². The molecule has 0 bridgehead atoms. The molecule has 1 aliphatic rings. The second-order valence-corrected chi connectivity index (χ2v) is 3.52. The molecule has 0 saturated heterocycles. The van der Waals surface area contributed by atoms with Crippen molar-refractivity contribution < 1.29 is 27.1 Å². The topological polar surface area (TPSA) is 64.7 Å². The minimum Gasteiger partial charge on any atom is -0.447 e. The van der Waals surface area contributed by atoms with Crippen molar-refractivity contribution in [1.82, 2.24) is 0 Å². The number of nitrogens with two attached hydrogens (primary N) is 1. The first kappa shape index (κ1) is 12.3. The van der Waals surface area contributed by atoms with Crippen LogP contribution < -0.4 is 5.73 Å². The van der Waals surface area contributed by atoms with E-state index in [1.165, 1.54) is 0 Å². The van der Waals surface area contributed by atoms with Crippen molar-refractivity contribution in [2.24, 2.45) is 10.7 Å². The molecule has 0 saturated carbocycles. The predicted molar refractivity (Wildman–Crippen MR) is 51.9 cm³/mol. The van der Waals surface area contributed by atoms with Crippen LogP contribution in [0.4, 0.5) is 17.6 Å². The lowest BCUT2D eigenvalue weighted by molar-refractivity contribution is -0.139. The van der Waals surface area contributed by atoms with Gasteiger partial charge >= 0.3 is 6.18 Å². The Balaban J connectivity index is 2.49. The number of amidine groups is 1. The van der Waals surface area contributed by atoms with E-state index in [-0.39, 0.29) is 0 Å². The highest BCUT2D eigenvalue weighted by atomic mass is 19.4. The Hall–Kier alpha value is -2.12. The predicted octanol–water partition coefficient (Wildman–Crippen LogP) is 1.76. The maximum atomic E-state index is 12.9. The first-order chi connectivity index (χ1) is 8.29. The molecule has 0 spiro atoms. The van der Waals surface area contributed by atoms with Crippen molar-refractivity contribution in [3.05, 3.63) is 35.1 Å². The van der Waals surface area contributed by atoms with E-state index in [4.69, 9.17) is 10.5 Å². The minimum absolute atomic E-state index is 0.292. The minimum atomic E-state index is -4.81. The zero-order valence-electron chi connectivity index (χ0n) is 8.66. The fourth-order valence-corrected chi connectivity index (χ4v) is 1.56. The summed E-state index contributed by atoms with van der Waals surface area (Å²) in [6, 6.07) is 1.41. The van der Waals surface area contributed by atoms with E-state index >= 15 is 0 Å². The van der Waals surface area contributed by atoms with E-state index in [1.54, 1.807) is 0 Å². The van der Waals surface area contributed by atoms with Gasteiger partial charge in [-0.3, -0.25) is 4.79 Å². The number of benzene rings is 1. The molecule has 0 aromatic heterocycles. The van der Waals surface area contributed by atoms with Gasteiger partial charge in [-0.05, 0) is 12.1 Å². The molecular weight excluding hydrogens is 256 g/mol. The zero-order chi connectivity index (χ0) is 13.5. The van der Waals surface area contributed by atoms with Crippen LogP contribution in [0.5, 0.6) is 0 Å². The van der Waals surface area contributed by atoms with E-state index in [0.29, 0.717) is 6.07 Å². The normalized spacial score (nSPS) is 19.7. The van der Waals surface area contributed by atoms with Crippen LogP contribution in [0.15, 0.2) is 23.2 Å². The average molecular weight is 262 g/mol. The molecule has 2 N–H and O–H groups in total. The van der Waals surface area contributed by atoms with E-state index < -0.39 is 41.2 Å². The first-order valence-corrected chi connectivity index (χ1v) is 4.70. The molecule has 1 amide bonds. The summed E-state index contributed by atoms with van der Waals surface area (Å²) in [5, 5.41) is 0. The molecule has 2 rings (SSSR count). The van der Waals surface area contributed by atoms with Crippen LogP contribution >= 0.6 is 0 Å². The second kappa shape index (κ2) is 3.97. The number of halogens is 4. The van der Waals surface area contributed by atoms with Crippen molar-refractivity contribution in [3.63, 3.8) is 0 Å². The fraction of sp³-hybridized carbons (Fsp3) is 0.200. The molecule has 1 aliphatic heterocycles. The number of hydrogen-bond donors (Lipinski definition) is 1. The molecule has 18 heavy (non-hydrogen) atoms. The molecule has 0 aliphatic carbocycles. The number of carbonyl (C=O) groups is 1. The molecule has 4 nitrogen and oxygen atoms in total. The molecule has 0 fully saturated rings. The highest BCUT2D eigenvalue weighted by Gasteiger charge is 2.40. The van der Waals surface area contributed by atoms with E-state index in [0.717, 1.165) is 12.1 Å². The Labute approximate surface area is 98.1 Å². The third-order valence-electron chi connectivity index (χ3n) is 2.29. The SMILES string of the molecule is NC1=NC(=O)C(c2ccc(F)cc2C(F)(F)F)O1. The lowest BCUT2D eigenvalue weighted by Gasteiger charge is -2.16. The van der Waals surface area contributed by atoms with Gasteiger partial charge in [0.15, 0.2) is 0 Å². The molecule has 96 valence electrons. The summed E-state index contributed by atoms with van der Waals surface area (Å²) >= 11 is 0. The summed E-state index contributed by atoms with van der Waals surface area (Å²) in [4.78, 5) is 14.5. The van der Waals surface area contributed by atoms with Gasteiger partial charge in [0.05, 0.1) is 5.56 Å². The molecule has 8 heteroatoms. The van der Waals surface area contributed by atoms with Crippen LogP contribution in [0.25, 0.3) is 0 Å². The standard InChI is InChI=1S/C10H6F4N2O2/c11-4-1-2-5(6(3-4)10(12,13)14)7-8(17)16-9(15)18-7/h1-3,7H,(H2,15,16,17). The fourth-order valence-electron chi connectivity index (χ4n) is 1.56. The van der Waals surface area contributed by atoms with Crippen LogP contribution in [0.2, 0.25) is 0 Å². The van der Waals surface area contributed by atoms with Crippen LogP contribution in [-0.4, -0.2) is 11.9 Å². The van der Waals surface area contributed by atoms with Crippen LogP contribution in [0.3, 0.4) is 0 Å². The van der Waals surface area contributed by atoms with Gasteiger partial charge in [-0.15, -0.1) is 0 Å². The summed E-state index contributed by atoms with van der Waals surface area (Å²) in [5.41, 5.74) is 3.29. The van der Waals surface area contributed by atoms with Gasteiger partial charge in [0.2, 0.25) is 6.10 Å². The van der Waals surface area contributed by atoms with E-state index in [1.807, 2.05) is 0 Å². The third kappa shape index (κ3) is 2.13. The van der Waals surface area contributed by atoms with Crippen molar-refractivity contribution in [2.45, 2.75) is 12.3 Å². The Kier molecular flexibility index (Phi) is 2.72. The second-order valence-electron chi connectivity index (χ2n) is 3.52. The molecule has 1 heterocycles. The quantitative estimate of drug-likeness (QED) is 0.784. The largest absolute Gasteiger partial charge is 0.447 e. The summed E-state index contributed by atoms with van der Waals surface area (Å²) in [5.74, 6) is -2.02. The lowest BCUT2D eigenvalue weighted by atomic mass is 10.0. The number of aliphatic imine (C=N–C) groups is 1. The zero-order valence-corrected chi connectivity index (χ0v) is 8.66. The lowest BCUT2D eigenvalue weighted by Crippen LogP contribution is -2.18. The van der Waals surface area contributed by atoms with Gasteiger partial charge in [0, 0.05) is 5.56 Å². The van der Waals surface area contributed by atoms with Gasteiger partial charge < -0.3 is 10.5 Å². The first-order valence-electron chi connectivity index (χ1n) is 4.70. The van der Waals surface area contributed by atoms with Crippen molar-refractivity contribution >= 4 is 11.9 Å². The van der Waals surface area contributed by atoms with Crippen LogP contribution in [0, 0.1) is 5.82 Å². The molecule has 1 unspecified atom stereocenters. The maximum Gasteiger partial charge on any atom is 0.416 e. The average Bonchev–Trinajstić information content (AvgIpc) is 2.56. The molecule has 1 atom stereocenters. The maximum absolute atomic E-state index is 12.9. The van der Waals surface area contributed by atoms with Gasteiger partial charge in [0.1, 0.15) is 5.82 Å². The smallest absolute Gasteiger partial charge is 0.416 e. The Morgan fingerprint density at radius 2 is 2.00 bits per heavy atom. The van der Waals surface area contributed by atoms with Crippen molar-refractivity contribution in [3.8, 4) is 0 Å². The number of rotatable bonds is 1. The number of carbonyl (C=O) groups excluding carboxylic acids is 1. The van der Waals surface area contributed by atoms with Gasteiger partial charge in [-0.1, -0.05) is 6.07 Å². The summed E-state index contributed by atoms with van der Waals surface area (Å²) in [7, 11) is 0.